The Morgan fingerprint density at radius 3 is 2.00 bits per heavy atom. The first-order valence-electron chi connectivity index (χ1n) is 4.96. The number of halogens is 3. The van der Waals surface area contributed by atoms with E-state index in [1.165, 1.54) is 0 Å². The van der Waals surface area contributed by atoms with Gasteiger partial charge in [-0.1, -0.05) is 33.1 Å². The maximum absolute atomic E-state index is 12.2. The zero-order valence-electron chi connectivity index (χ0n) is 8.99. The predicted octanol–water partition coefficient (Wildman–Crippen LogP) is 3.52. The summed E-state index contributed by atoms with van der Waals surface area (Å²) in [6.45, 7) is 4.90. The number of hydrogen-bond donors (Lipinski definition) is 1. The minimum atomic E-state index is -4.51. The molecule has 1 nitrogen and oxygen atoms in total. The van der Waals surface area contributed by atoms with Gasteiger partial charge in [-0.05, 0) is 19.3 Å². The van der Waals surface area contributed by atoms with Crippen LogP contribution in [0.1, 0.15) is 46.5 Å². The van der Waals surface area contributed by atoms with E-state index in [2.05, 4.69) is 0 Å². The van der Waals surface area contributed by atoms with Crippen LogP contribution < -0.4 is 0 Å². The Morgan fingerprint density at radius 2 is 1.64 bits per heavy atom. The van der Waals surface area contributed by atoms with Gasteiger partial charge in [-0.15, -0.1) is 0 Å². The molecule has 0 saturated heterocycles. The molecule has 0 aromatic rings. The van der Waals surface area contributed by atoms with Crippen molar-refractivity contribution >= 4 is 0 Å². The lowest BCUT2D eigenvalue weighted by Crippen LogP contribution is -2.41. The van der Waals surface area contributed by atoms with Gasteiger partial charge < -0.3 is 5.11 Å². The molecule has 14 heavy (non-hydrogen) atoms. The van der Waals surface area contributed by atoms with Gasteiger partial charge in [-0.3, -0.25) is 0 Å². The van der Waals surface area contributed by atoms with E-state index in [4.69, 9.17) is 5.11 Å². The van der Waals surface area contributed by atoms with Gasteiger partial charge in [-0.2, -0.15) is 13.2 Å². The molecule has 0 saturated carbocycles. The smallest absolute Gasteiger partial charge is 0.381 e. The van der Waals surface area contributed by atoms with E-state index in [1.54, 1.807) is 0 Å². The van der Waals surface area contributed by atoms with Crippen molar-refractivity contribution in [3.8, 4) is 0 Å². The van der Waals surface area contributed by atoms with Crippen LogP contribution in [-0.2, 0) is 0 Å². The second kappa shape index (κ2) is 5.01. The van der Waals surface area contributed by atoms with Crippen molar-refractivity contribution in [2.75, 3.05) is 0 Å². The molecule has 0 aliphatic carbocycles. The van der Waals surface area contributed by atoms with Gasteiger partial charge in [0.15, 0.2) is 5.60 Å². The molecular weight excluding hydrogens is 193 g/mol. The molecule has 0 fully saturated rings. The zero-order chi connectivity index (χ0) is 11.4. The Morgan fingerprint density at radius 1 is 1.14 bits per heavy atom. The number of rotatable bonds is 5. The van der Waals surface area contributed by atoms with Crippen LogP contribution in [0.25, 0.3) is 0 Å². The highest BCUT2D eigenvalue weighted by Gasteiger charge is 2.48. The fourth-order valence-electron chi connectivity index (χ4n) is 1.16. The average molecular weight is 212 g/mol. The number of hydrogen-bond acceptors (Lipinski definition) is 1. The first-order valence-corrected chi connectivity index (χ1v) is 4.96. The summed E-state index contributed by atoms with van der Waals surface area (Å²) in [6.07, 6.45) is -2.64. The average Bonchev–Trinajstić information content (AvgIpc) is 1.95. The summed E-state index contributed by atoms with van der Waals surface area (Å²) in [6, 6.07) is 0. The minimum Gasteiger partial charge on any atom is -0.381 e. The highest BCUT2D eigenvalue weighted by Crippen LogP contribution is 2.34. The van der Waals surface area contributed by atoms with Crippen molar-refractivity contribution in [3.63, 3.8) is 0 Å². The summed E-state index contributed by atoms with van der Waals surface area (Å²) >= 11 is 0. The molecule has 0 bridgehead atoms. The Kier molecular flexibility index (Phi) is 4.92. The van der Waals surface area contributed by atoms with Gasteiger partial charge in [0.1, 0.15) is 0 Å². The molecule has 0 spiro atoms. The van der Waals surface area contributed by atoms with Gasteiger partial charge in [-0.25, -0.2) is 0 Å². The predicted molar refractivity (Wildman–Crippen MR) is 50.0 cm³/mol. The normalized spacial score (nSPS) is 17.1. The van der Waals surface area contributed by atoms with E-state index in [1.807, 2.05) is 13.8 Å². The van der Waals surface area contributed by atoms with Gasteiger partial charge >= 0.3 is 6.18 Å². The standard InChI is InChI=1S/C10H19F3O/c1-8(2)6-4-5-7-9(3,14)10(11,12)13/h8,14H,4-7H2,1-3H3. The zero-order valence-corrected chi connectivity index (χ0v) is 8.99. The lowest BCUT2D eigenvalue weighted by molar-refractivity contribution is -0.255. The van der Waals surface area contributed by atoms with Crippen LogP contribution in [0.4, 0.5) is 13.2 Å². The van der Waals surface area contributed by atoms with Crippen LogP contribution >= 0.6 is 0 Å². The molecule has 0 aromatic carbocycles. The van der Waals surface area contributed by atoms with Crippen molar-refractivity contribution in [3.05, 3.63) is 0 Å². The van der Waals surface area contributed by atoms with Crippen LogP contribution in [0.2, 0.25) is 0 Å². The Labute approximate surface area is 83.3 Å². The third-order valence-electron chi connectivity index (χ3n) is 2.31. The summed E-state index contributed by atoms with van der Waals surface area (Å²) < 4.78 is 36.5. The van der Waals surface area contributed by atoms with Crippen LogP contribution in [-0.4, -0.2) is 16.9 Å². The first-order chi connectivity index (χ1) is 6.17. The quantitative estimate of drug-likeness (QED) is 0.691. The van der Waals surface area contributed by atoms with Gasteiger partial charge in [0, 0.05) is 0 Å². The van der Waals surface area contributed by atoms with Crippen LogP contribution in [0.3, 0.4) is 0 Å². The van der Waals surface area contributed by atoms with Gasteiger partial charge in [0.2, 0.25) is 0 Å². The highest BCUT2D eigenvalue weighted by atomic mass is 19.4. The third-order valence-corrected chi connectivity index (χ3v) is 2.31. The second-order valence-corrected chi connectivity index (χ2v) is 4.41. The molecule has 1 unspecified atom stereocenters. The summed E-state index contributed by atoms with van der Waals surface area (Å²) in [5, 5.41) is 9.09. The molecule has 0 aromatic heterocycles. The van der Waals surface area contributed by atoms with E-state index >= 15 is 0 Å². The van der Waals surface area contributed by atoms with Crippen LogP contribution in [0.5, 0.6) is 0 Å². The Bertz CT molecular complexity index is 161. The molecule has 0 amide bonds. The number of aliphatic hydroxyl groups is 1. The fourth-order valence-corrected chi connectivity index (χ4v) is 1.16. The minimum absolute atomic E-state index is 0.205. The summed E-state index contributed by atoms with van der Waals surface area (Å²) in [5.41, 5.74) is -2.52. The second-order valence-electron chi connectivity index (χ2n) is 4.41. The van der Waals surface area contributed by atoms with Gasteiger partial charge in [0.05, 0.1) is 0 Å². The lowest BCUT2D eigenvalue weighted by atomic mass is 9.96. The summed E-state index contributed by atoms with van der Waals surface area (Å²) in [7, 11) is 0. The maximum atomic E-state index is 12.2. The largest absolute Gasteiger partial charge is 0.416 e. The first kappa shape index (κ1) is 13.8. The third kappa shape index (κ3) is 4.84. The van der Waals surface area contributed by atoms with Crippen molar-refractivity contribution in [2.45, 2.75) is 58.2 Å². The molecule has 0 aliphatic heterocycles. The number of alkyl halides is 3. The van der Waals surface area contributed by atoms with Gasteiger partial charge in [0.25, 0.3) is 0 Å². The van der Waals surface area contributed by atoms with E-state index < -0.39 is 11.8 Å². The van der Waals surface area contributed by atoms with E-state index in [9.17, 15) is 13.2 Å². The van der Waals surface area contributed by atoms with Crippen molar-refractivity contribution in [2.24, 2.45) is 5.92 Å². The molecule has 0 aliphatic rings. The number of unbranched alkanes of at least 4 members (excludes halogenated alkanes) is 1. The highest BCUT2D eigenvalue weighted by molar-refractivity contribution is 4.80. The van der Waals surface area contributed by atoms with Crippen molar-refractivity contribution in [1.82, 2.24) is 0 Å². The summed E-state index contributed by atoms with van der Waals surface area (Å²) in [4.78, 5) is 0. The van der Waals surface area contributed by atoms with E-state index in [0.29, 0.717) is 12.3 Å². The molecule has 0 heterocycles. The van der Waals surface area contributed by atoms with E-state index in [-0.39, 0.29) is 6.42 Å². The van der Waals surface area contributed by atoms with Crippen LogP contribution in [0, 0.1) is 5.92 Å². The SMILES string of the molecule is CC(C)CCCCC(C)(O)C(F)(F)F. The van der Waals surface area contributed by atoms with Crippen molar-refractivity contribution < 1.29 is 18.3 Å². The fraction of sp³-hybridized carbons (Fsp3) is 1.00. The molecule has 4 heteroatoms. The molecule has 1 N–H and O–H groups in total. The van der Waals surface area contributed by atoms with Crippen molar-refractivity contribution in [1.29, 1.82) is 0 Å². The maximum Gasteiger partial charge on any atom is 0.416 e. The monoisotopic (exact) mass is 212 g/mol. The molecular formula is C10H19F3O. The topological polar surface area (TPSA) is 20.2 Å². The Balaban J connectivity index is 3.78. The molecule has 0 rings (SSSR count). The van der Waals surface area contributed by atoms with E-state index in [0.717, 1.165) is 19.8 Å². The molecule has 86 valence electrons. The van der Waals surface area contributed by atoms with Crippen LogP contribution in [0.15, 0.2) is 0 Å². The summed E-state index contributed by atoms with van der Waals surface area (Å²) in [5.74, 6) is 0.505. The Hall–Kier alpha value is -0.250. The molecule has 0 radical (unpaired) electrons. The lowest BCUT2D eigenvalue weighted by Gasteiger charge is -2.26. The molecule has 1 atom stereocenters.